The quantitative estimate of drug-likeness (QED) is 0.728. The number of carbonyl (C=O) groups excluding carboxylic acids is 1. The van der Waals surface area contributed by atoms with Crippen LogP contribution in [0.25, 0.3) is 0 Å². The Morgan fingerprint density at radius 2 is 2.25 bits per heavy atom. The second kappa shape index (κ2) is 3.59. The van der Waals surface area contributed by atoms with Gasteiger partial charge in [0.15, 0.2) is 0 Å². The standard InChI is InChI=1S/C11H16N4O/c1-13-6-10(7-13)15-8-9(5-12-15)14-4-2-3-11(14)16/h5,8,10H,2-4,6-7H2,1H3. The smallest absolute Gasteiger partial charge is 0.227 e. The van der Waals surface area contributed by atoms with Gasteiger partial charge in [0.05, 0.1) is 17.9 Å². The van der Waals surface area contributed by atoms with Crippen LogP contribution in [-0.4, -0.2) is 47.3 Å². The van der Waals surface area contributed by atoms with E-state index in [1.54, 1.807) is 0 Å². The maximum atomic E-state index is 11.6. The zero-order valence-electron chi connectivity index (χ0n) is 9.46. The molecule has 3 rings (SSSR count). The summed E-state index contributed by atoms with van der Waals surface area (Å²) in [5.74, 6) is 0.227. The maximum Gasteiger partial charge on any atom is 0.227 e. The van der Waals surface area contributed by atoms with Crippen LogP contribution in [0.2, 0.25) is 0 Å². The summed E-state index contributed by atoms with van der Waals surface area (Å²) in [6.45, 7) is 2.94. The van der Waals surface area contributed by atoms with Crippen molar-refractivity contribution in [2.24, 2.45) is 0 Å². The lowest BCUT2D eigenvalue weighted by molar-refractivity contribution is -0.117. The first-order chi connectivity index (χ1) is 7.74. The molecular weight excluding hydrogens is 204 g/mol. The predicted molar refractivity (Wildman–Crippen MR) is 60.3 cm³/mol. The fourth-order valence-electron chi connectivity index (χ4n) is 2.42. The van der Waals surface area contributed by atoms with Crippen molar-refractivity contribution in [1.29, 1.82) is 0 Å². The zero-order valence-corrected chi connectivity index (χ0v) is 9.46. The summed E-state index contributed by atoms with van der Waals surface area (Å²) in [7, 11) is 2.10. The molecule has 16 heavy (non-hydrogen) atoms. The van der Waals surface area contributed by atoms with E-state index in [0.29, 0.717) is 12.5 Å². The van der Waals surface area contributed by atoms with Gasteiger partial charge in [-0.3, -0.25) is 9.48 Å². The van der Waals surface area contributed by atoms with Crippen molar-refractivity contribution < 1.29 is 4.79 Å². The SMILES string of the molecule is CN1CC(n2cc(N3CCCC3=O)cn2)C1. The summed E-state index contributed by atoms with van der Waals surface area (Å²) in [4.78, 5) is 15.7. The average molecular weight is 220 g/mol. The molecule has 2 saturated heterocycles. The van der Waals surface area contributed by atoms with Crippen molar-refractivity contribution in [2.75, 3.05) is 31.6 Å². The van der Waals surface area contributed by atoms with E-state index >= 15 is 0 Å². The molecule has 0 bridgehead atoms. The molecule has 0 aromatic carbocycles. The minimum absolute atomic E-state index is 0.227. The van der Waals surface area contributed by atoms with Crippen LogP contribution < -0.4 is 4.90 Å². The minimum atomic E-state index is 0.227. The van der Waals surface area contributed by atoms with E-state index in [-0.39, 0.29) is 5.91 Å². The normalized spacial score (nSPS) is 22.8. The van der Waals surface area contributed by atoms with Crippen LogP contribution in [0.4, 0.5) is 5.69 Å². The summed E-state index contributed by atoms with van der Waals surface area (Å²) in [5.41, 5.74) is 0.956. The number of hydrogen-bond donors (Lipinski definition) is 0. The highest BCUT2D eigenvalue weighted by atomic mass is 16.2. The number of likely N-dealkylation sites (tertiary alicyclic amines) is 1. The second-order valence-corrected chi connectivity index (χ2v) is 4.70. The lowest BCUT2D eigenvalue weighted by Gasteiger charge is -2.36. The van der Waals surface area contributed by atoms with Gasteiger partial charge in [0.25, 0.3) is 0 Å². The van der Waals surface area contributed by atoms with Gasteiger partial charge in [-0.25, -0.2) is 0 Å². The van der Waals surface area contributed by atoms with E-state index in [4.69, 9.17) is 0 Å². The highest BCUT2D eigenvalue weighted by Crippen LogP contribution is 2.24. The van der Waals surface area contributed by atoms with Crippen molar-refractivity contribution in [3.05, 3.63) is 12.4 Å². The van der Waals surface area contributed by atoms with Crippen LogP contribution >= 0.6 is 0 Å². The topological polar surface area (TPSA) is 41.4 Å². The third kappa shape index (κ3) is 1.51. The zero-order chi connectivity index (χ0) is 11.1. The Morgan fingerprint density at radius 1 is 1.44 bits per heavy atom. The lowest BCUT2D eigenvalue weighted by atomic mass is 10.1. The van der Waals surface area contributed by atoms with Gasteiger partial charge in [-0.2, -0.15) is 5.10 Å². The minimum Gasteiger partial charge on any atom is -0.309 e. The molecule has 1 aromatic rings. The fourth-order valence-corrected chi connectivity index (χ4v) is 2.42. The molecule has 5 nitrogen and oxygen atoms in total. The van der Waals surface area contributed by atoms with Gasteiger partial charge in [0.2, 0.25) is 5.91 Å². The first-order valence-corrected chi connectivity index (χ1v) is 5.77. The molecule has 0 aliphatic carbocycles. The number of hydrogen-bond acceptors (Lipinski definition) is 3. The van der Waals surface area contributed by atoms with Crippen LogP contribution in [0.15, 0.2) is 12.4 Å². The third-order valence-electron chi connectivity index (χ3n) is 3.39. The van der Waals surface area contributed by atoms with Gasteiger partial charge in [0.1, 0.15) is 0 Å². The van der Waals surface area contributed by atoms with Gasteiger partial charge >= 0.3 is 0 Å². The Labute approximate surface area is 94.6 Å². The van der Waals surface area contributed by atoms with E-state index in [1.807, 2.05) is 22.0 Å². The summed E-state index contributed by atoms with van der Waals surface area (Å²) >= 11 is 0. The molecule has 2 fully saturated rings. The number of likely N-dealkylation sites (N-methyl/N-ethyl adjacent to an activating group) is 1. The molecular formula is C11H16N4O. The lowest BCUT2D eigenvalue weighted by Crippen LogP contribution is -2.45. The Kier molecular flexibility index (Phi) is 2.21. The molecule has 0 radical (unpaired) electrons. The molecule has 86 valence electrons. The van der Waals surface area contributed by atoms with E-state index in [2.05, 4.69) is 17.0 Å². The average Bonchev–Trinajstić information content (AvgIpc) is 2.81. The number of carbonyl (C=O) groups is 1. The third-order valence-corrected chi connectivity index (χ3v) is 3.39. The van der Waals surface area contributed by atoms with Gasteiger partial charge in [-0.1, -0.05) is 0 Å². The van der Waals surface area contributed by atoms with E-state index < -0.39 is 0 Å². The summed E-state index contributed by atoms with van der Waals surface area (Å²) in [5, 5.41) is 4.35. The number of nitrogens with zero attached hydrogens (tertiary/aromatic N) is 4. The van der Waals surface area contributed by atoms with Crippen LogP contribution in [0.1, 0.15) is 18.9 Å². The highest BCUT2D eigenvalue weighted by Gasteiger charge is 2.27. The Balaban J connectivity index is 1.75. The van der Waals surface area contributed by atoms with Crippen LogP contribution in [-0.2, 0) is 4.79 Å². The number of anilines is 1. The molecule has 1 amide bonds. The van der Waals surface area contributed by atoms with Gasteiger partial charge in [-0.15, -0.1) is 0 Å². The number of amides is 1. The molecule has 1 aromatic heterocycles. The maximum absolute atomic E-state index is 11.6. The molecule has 2 aliphatic heterocycles. The monoisotopic (exact) mass is 220 g/mol. The molecule has 0 unspecified atom stereocenters. The Morgan fingerprint density at radius 3 is 2.88 bits per heavy atom. The van der Waals surface area contributed by atoms with Gasteiger partial charge in [-0.05, 0) is 13.5 Å². The van der Waals surface area contributed by atoms with E-state index in [0.717, 1.165) is 31.7 Å². The highest BCUT2D eigenvalue weighted by molar-refractivity contribution is 5.95. The summed E-state index contributed by atoms with van der Waals surface area (Å²) < 4.78 is 1.99. The first-order valence-electron chi connectivity index (χ1n) is 5.77. The molecule has 0 atom stereocenters. The first kappa shape index (κ1) is 9.84. The number of rotatable bonds is 2. The van der Waals surface area contributed by atoms with Crippen molar-refractivity contribution >= 4 is 11.6 Å². The van der Waals surface area contributed by atoms with Crippen LogP contribution in [0.5, 0.6) is 0 Å². The molecule has 0 saturated carbocycles. The van der Waals surface area contributed by atoms with E-state index in [1.165, 1.54) is 0 Å². The predicted octanol–water partition coefficient (Wildman–Crippen LogP) is 0.496. The largest absolute Gasteiger partial charge is 0.309 e. The van der Waals surface area contributed by atoms with Crippen LogP contribution in [0.3, 0.4) is 0 Å². The van der Waals surface area contributed by atoms with Crippen LogP contribution in [0, 0.1) is 0 Å². The molecule has 2 aliphatic rings. The Bertz CT molecular complexity index is 408. The van der Waals surface area contributed by atoms with Gasteiger partial charge < -0.3 is 9.80 Å². The number of aromatic nitrogens is 2. The molecule has 0 spiro atoms. The molecule has 3 heterocycles. The van der Waals surface area contributed by atoms with Crippen molar-refractivity contribution in [1.82, 2.24) is 14.7 Å². The van der Waals surface area contributed by atoms with Crippen molar-refractivity contribution in [2.45, 2.75) is 18.9 Å². The molecule has 5 heteroatoms. The Hall–Kier alpha value is -1.36. The summed E-state index contributed by atoms with van der Waals surface area (Å²) in [6, 6.07) is 0.483. The van der Waals surface area contributed by atoms with Crippen molar-refractivity contribution in [3.63, 3.8) is 0 Å². The summed E-state index contributed by atoms with van der Waals surface area (Å²) in [6.07, 6.45) is 5.45. The van der Waals surface area contributed by atoms with Gasteiger partial charge in [0, 0.05) is 32.3 Å². The second-order valence-electron chi connectivity index (χ2n) is 4.70. The van der Waals surface area contributed by atoms with Crippen molar-refractivity contribution in [3.8, 4) is 0 Å². The van der Waals surface area contributed by atoms with E-state index in [9.17, 15) is 4.79 Å². The fraction of sp³-hybridized carbons (Fsp3) is 0.636. The molecule has 0 N–H and O–H groups in total.